The fraction of sp³-hybridized carbons (Fsp3) is 0.643. The van der Waals surface area contributed by atoms with E-state index in [0.29, 0.717) is 13.0 Å². The summed E-state index contributed by atoms with van der Waals surface area (Å²) >= 11 is 0. The molecule has 0 aliphatic carbocycles. The van der Waals surface area contributed by atoms with Crippen molar-refractivity contribution in [1.29, 1.82) is 0 Å². The number of nitrogens with zero attached hydrogens (tertiary/aromatic N) is 1. The number of aryl methyl sites for hydroxylation is 1. The molecule has 1 atom stereocenters. The van der Waals surface area contributed by atoms with Gasteiger partial charge in [-0.1, -0.05) is 0 Å². The standard InChI is InChI=1S/C14H24N2O2/c1-5-16(6-2)14(17)9-10-15-12(4)13-8-7-11(3)18-13/h7-8,12,15H,5-6,9-10H2,1-4H3. The normalized spacial score (nSPS) is 12.4. The third-order valence-electron chi connectivity index (χ3n) is 3.09. The van der Waals surface area contributed by atoms with Gasteiger partial charge >= 0.3 is 0 Å². The fourth-order valence-electron chi connectivity index (χ4n) is 1.92. The fourth-order valence-corrected chi connectivity index (χ4v) is 1.92. The van der Waals surface area contributed by atoms with Crippen molar-refractivity contribution in [2.24, 2.45) is 0 Å². The van der Waals surface area contributed by atoms with Crippen LogP contribution in [0.15, 0.2) is 16.5 Å². The number of rotatable bonds is 7. The van der Waals surface area contributed by atoms with E-state index < -0.39 is 0 Å². The van der Waals surface area contributed by atoms with E-state index in [4.69, 9.17) is 4.42 Å². The van der Waals surface area contributed by atoms with Crippen LogP contribution in [0, 0.1) is 6.92 Å². The van der Waals surface area contributed by atoms with Gasteiger partial charge in [-0.3, -0.25) is 4.79 Å². The molecule has 0 aliphatic rings. The number of hydrogen-bond acceptors (Lipinski definition) is 3. The third-order valence-corrected chi connectivity index (χ3v) is 3.09. The Morgan fingerprint density at radius 3 is 2.56 bits per heavy atom. The predicted molar refractivity (Wildman–Crippen MR) is 72.4 cm³/mol. The van der Waals surface area contributed by atoms with Crippen LogP contribution in [0.4, 0.5) is 0 Å². The molecule has 0 saturated carbocycles. The topological polar surface area (TPSA) is 45.5 Å². The van der Waals surface area contributed by atoms with Crippen molar-refractivity contribution in [2.75, 3.05) is 19.6 Å². The monoisotopic (exact) mass is 252 g/mol. The lowest BCUT2D eigenvalue weighted by Gasteiger charge is -2.19. The summed E-state index contributed by atoms with van der Waals surface area (Å²) in [5.41, 5.74) is 0. The van der Waals surface area contributed by atoms with Crippen LogP contribution in [0.3, 0.4) is 0 Å². The molecule has 0 aliphatic heterocycles. The third kappa shape index (κ3) is 4.18. The van der Waals surface area contributed by atoms with Crippen molar-refractivity contribution in [1.82, 2.24) is 10.2 Å². The minimum atomic E-state index is 0.142. The molecule has 1 aromatic heterocycles. The van der Waals surface area contributed by atoms with Crippen molar-refractivity contribution < 1.29 is 9.21 Å². The van der Waals surface area contributed by atoms with Crippen LogP contribution in [-0.4, -0.2) is 30.4 Å². The molecule has 4 heteroatoms. The van der Waals surface area contributed by atoms with Crippen molar-refractivity contribution in [3.05, 3.63) is 23.7 Å². The first kappa shape index (κ1) is 14.8. The van der Waals surface area contributed by atoms with Crippen LogP contribution >= 0.6 is 0 Å². The second kappa shape index (κ2) is 7.21. The lowest BCUT2D eigenvalue weighted by molar-refractivity contribution is -0.130. The first-order chi connectivity index (χ1) is 8.58. The summed E-state index contributed by atoms with van der Waals surface area (Å²) in [5.74, 6) is 2.04. The molecule has 1 amide bonds. The van der Waals surface area contributed by atoms with E-state index in [1.165, 1.54) is 0 Å². The van der Waals surface area contributed by atoms with E-state index in [1.54, 1.807) is 0 Å². The molecule has 0 spiro atoms. The van der Waals surface area contributed by atoms with Crippen LogP contribution in [-0.2, 0) is 4.79 Å². The molecule has 0 fully saturated rings. The molecular formula is C14H24N2O2. The van der Waals surface area contributed by atoms with Crippen molar-refractivity contribution in [2.45, 2.75) is 40.2 Å². The largest absolute Gasteiger partial charge is 0.465 e. The van der Waals surface area contributed by atoms with E-state index in [9.17, 15) is 4.79 Å². The van der Waals surface area contributed by atoms with Gasteiger partial charge in [0.25, 0.3) is 0 Å². The van der Waals surface area contributed by atoms with Gasteiger partial charge in [0.15, 0.2) is 0 Å². The maximum absolute atomic E-state index is 11.8. The van der Waals surface area contributed by atoms with E-state index in [2.05, 4.69) is 5.32 Å². The summed E-state index contributed by atoms with van der Waals surface area (Å²) in [4.78, 5) is 13.6. The highest BCUT2D eigenvalue weighted by molar-refractivity contribution is 5.76. The minimum Gasteiger partial charge on any atom is -0.465 e. The van der Waals surface area contributed by atoms with Gasteiger partial charge in [-0.05, 0) is 39.8 Å². The zero-order chi connectivity index (χ0) is 13.5. The highest BCUT2D eigenvalue weighted by Gasteiger charge is 2.12. The lowest BCUT2D eigenvalue weighted by atomic mass is 10.2. The molecular weight excluding hydrogens is 228 g/mol. The quantitative estimate of drug-likeness (QED) is 0.811. The molecule has 1 heterocycles. The molecule has 0 bridgehead atoms. The number of nitrogens with one attached hydrogen (secondary N) is 1. The SMILES string of the molecule is CCN(CC)C(=O)CCNC(C)c1ccc(C)o1. The summed E-state index contributed by atoms with van der Waals surface area (Å²) in [6, 6.07) is 4.07. The number of carbonyl (C=O) groups excluding carboxylic acids is 1. The lowest BCUT2D eigenvalue weighted by Crippen LogP contribution is -2.33. The molecule has 4 nitrogen and oxygen atoms in total. The second-order valence-electron chi connectivity index (χ2n) is 4.44. The van der Waals surface area contributed by atoms with Gasteiger partial charge in [0.1, 0.15) is 11.5 Å². The summed E-state index contributed by atoms with van der Waals surface area (Å²) in [5, 5.41) is 3.30. The average Bonchev–Trinajstić information content (AvgIpc) is 2.77. The molecule has 0 aromatic carbocycles. The molecule has 1 rings (SSSR count). The predicted octanol–water partition coefficient (Wildman–Crippen LogP) is 2.50. The number of hydrogen-bond donors (Lipinski definition) is 1. The van der Waals surface area contributed by atoms with Gasteiger partial charge < -0.3 is 14.6 Å². The van der Waals surface area contributed by atoms with Gasteiger partial charge in [-0.15, -0.1) is 0 Å². The summed E-state index contributed by atoms with van der Waals surface area (Å²) < 4.78 is 5.53. The zero-order valence-electron chi connectivity index (χ0n) is 11.8. The maximum atomic E-state index is 11.8. The van der Waals surface area contributed by atoms with Crippen LogP contribution in [0.2, 0.25) is 0 Å². The van der Waals surface area contributed by atoms with Crippen molar-refractivity contribution in [3.8, 4) is 0 Å². The van der Waals surface area contributed by atoms with Crippen LogP contribution in [0.5, 0.6) is 0 Å². The van der Waals surface area contributed by atoms with Crippen molar-refractivity contribution >= 4 is 5.91 Å². The Hall–Kier alpha value is -1.29. The molecule has 0 saturated heterocycles. The van der Waals surface area contributed by atoms with E-state index in [1.807, 2.05) is 44.7 Å². The zero-order valence-corrected chi connectivity index (χ0v) is 11.8. The Kier molecular flexibility index (Phi) is 5.92. The Bertz CT molecular complexity index is 370. The first-order valence-corrected chi connectivity index (χ1v) is 6.66. The van der Waals surface area contributed by atoms with Crippen LogP contribution in [0.1, 0.15) is 44.8 Å². The summed E-state index contributed by atoms with van der Waals surface area (Å²) in [7, 11) is 0. The number of amides is 1. The van der Waals surface area contributed by atoms with E-state index >= 15 is 0 Å². The average molecular weight is 252 g/mol. The minimum absolute atomic E-state index is 0.142. The Labute approximate surface area is 109 Å². The Morgan fingerprint density at radius 2 is 2.06 bits per heavy atom. The van der Waals surface area contributed by atoms with Gasteiger partial charge in [-0.2, -0.15) is 0 Å². The Morgan fingerprint density at radius 1 is 1.39 bits per heavy atom. The van der Waals surface area contributed by atoms with Crippen molar-refractivity contribution in [3.63, 3.8) is 0 Å². The molecule has 18 heavy (non-hydrogen) atoms. The Balaban J connectivity index is 2.31. The first-order valence-electron chi connectivity index (χ1n) is 6.66. The molecule has 1 aromatic rings. The number of furan rings is 1. The highest BCUT2D eigenvalue weighted by atomic mass is 16.3. The van der Waals surface area contributed by atoms with Gasteiger partial charge in [0.05, 0.1) is 6.04 Å². The maximum Gasteiger partial charge on any atom is 0.223 e. The van der Waals surface area contributed by atoms with Gasteiger partial charge in [0.2, 0.25) is 5.91 Å². The van der Waals surface area contributed by atoms with Gasteiger partial charge in [0, 0.05) is 26.1 Å². The summed E-state index contributed by atoms with van der Waals surface area (Å²) in [6.45, 7) is 10.2. The summed E-state index contributed by atoms with van der Waals surface area (Å²) in [6.07, 6.45) is 0.533. The van der Waals surface area contributed by atoms with E-state index in [0.717, 1.165) is 24.6 Å². The molecule has 102 valence electrons. The van der Waals surface area contributed by atoms with Crippen LogP contribution in [0.25, 0.3) is 0 Å². The molecule has 0 radical (unpaired) electrons. The van der Waals surface area contributed by atoms with E-state index in [-0.39, 0.29) is 11.9 Å². The smallest absolute Gasteiger partial charge is 0.223 e. The van der Waals surface area contributed by atoms with Gasteiger partial charge in [-0.25, -0.2) is 0 Å². The highest BCUT2D eigenvalue weighted by Crippen LogP contribution is 2.15. The molecule has 1 N–H and O–H groups in total. The number of carbonyl (C=O) groups is 1. The second-order valence-corrected chi connectivity index (χ2v) is 4.44. The van der Waals surface area contributed by atoms with Crippen LogP contribution < -0.4 is 5.32 Å². The molecule has 1 unspecified atom stereocenters.